The first-order valence-corrected chi connectivity index (χ1v) is 8.68. The summed E-state index contributed by atoms with van der Waals surface area (Å²) in [4.78, 5) is 18.6. The molecule has 2 amide bonds. The van der Waals surface area contributed by atoms with Gasteiger partial charge in [-0.05, 0) is 18.6 Å². The summed E-state index contributed by atoms with van der Waals surface area (Å²) in [7, 11) is 0. The largest absolute Gasteiger partial charge is 0.374 e. The van der Waals surface area contributed by atoms with Crippen LogP contribution in [0.15, 0.2) is 22.7 Å². The van der Waals surface area contributed by atoms with Gasteiger partial charge in [-0.1, -0.05) is 35.8 Å². The number of aromatic nitrogens is 2. The highest BCUT2D eigenvalue weighted by Gasteiger charge is 2.26. The van der Waals surface area contributed by atoms with E-state index in [0.29, 0.717) is 55.0 Å². The summed E-state index contributed by atoms with van der Waals surface area (Å²) in [6.45, 7) is 5.32. The average Bonchev–Trinajstić information content (AvgIpc) is 3.06. The predicted molar refractivity (Wildman–Crippen MR) is 93.9 cm³/mol. The molecule has 0 saturated carbocycles. The Morgan fingerprint density at radius 2 is 2.32 bits per heavy atom. The summed E-state index contributed by atoms with van der Waals surface area (Å²) in [6, 6.07) is 5.33. The van der Waals surface area contributed by atoms with Crippen molar-refractivity contribution in [2.24, 2.45) is 0 Å². The van der Waals surface area contributed by atoms with E-state index in [1.165, 1.54) is 0 Å². The molecule has 0 radical (unpaired) electrons. The second-order valence-corrected chi connectivity index (χ2v) is 6.37. The number of ether oxygens (including phenoxy) is 1. The number of nitrogens with zero attached hydrogens (tertiary/aromatic N) is 3. The van der Waals surface area contributed by atoms with E-state index in [4.69, 9.17) is 20.9 Å². The zero-order chi connectivity index (χ0) is 17.8. The molecule has 3 rings (SSSR count). The highest BCUT2D eigenvalue weighted by atomic mass is 35.5. The Morgan fingerprint density at radius 3 is 3.04 bits per heavy atom. The molecule has 1 aromatic carbocycles. The van der Waals surface area contributed by atoms with Crippen LogP contribution in [-0.4, -0.2) is 46.9 Å². The Kier molecular flexibility index (Phi) is 5.55. The van der Waals surface area contributed by atoms with Crippen molar-refractivity contribution in [3.63, 3.8) is 0 Å². The molecule has 2 aromatic rings. The number of benzene rings is 1. The number of para-hydroxylation sites is 1. The molecule has 7 nitrogen and oxygen atoms in total. The summed E-state index contributed by atoms with van der Waals surface area (Å²) in [5.41, 5.74) is 1.56. The van der Waals surface area contributed by atoms with Crippen LogP contribution in [0.25, 0.3) is 0 Å². The van der Waals surface area contributed by atoms with E-state index in [2.05, 4.69) is 15.5 Å². The number of amides is 2. The molecule has 1 saturated heterocycles. The van der Waals surface area contributed by atoms with Crippen LogP contribution in [0.3, 0.4) is 0 Å². The number of carbonyl (C=O) groups excluding carboxylic acids is 1. The summed E-state index contributed by atoms with van der Waals surface area (Å²) in [6.07, 6.45) is 1.05. The molecule has 1 unspecified atom stereocenters. The lowest BCUT2D eigenvalue weighted by Crippen LogP contribution is -2.48. The lowest BCUT2D eigenvalue weighted by molar-refractivity contribution is -0.0125. The number of rotatable bonds is 4. The molecular formula is C17H21ClN4O3. The number of urea groups is 1. The summed E-state index contributed by atoms with van der Waals surface area (Å²) >= 11 is 6.18. The predicted octanol–water partition coefficient (Wildman–Crippen LogP) is 3.07. The summed E-state index contributed by atoms with van der Waals surface area (Å²) in [5, 5.41) is 7.36. The normalized spacial score (nSPS) is 17.6. The maximum Gasteiger partial charge on any atom is 0.322 e. The Bertz CT molecular complexity index is 729. The van der Waals surface area contributed by atoms with Gasteiger partial charge in [-0.2, -0.15) is 4.98 Å². The highest BCUT2D eigenvalue weighted by Crippen LogP contribution is 2.25. The Hall–Kier alpha value is -2.12. The third-order valence-corrected chi connectivity index (χ3v) is 4.42. The van der Waals surface area contributed by atoms with Crippen molar-refractivity contribution in [2.75, 3.05) is 25.0 Å². The second-order valence-electron chi connectivity index (χ2n) is 5.96. The smallest absolute Gasteiger partial charge is 0.322 e. The Balaban J connectivity index is 1.61. The molecule has 25 heavy (non-hydrogen) atoms. The first-order valence-electron chi connectivity index (χ1n) is 8.31. The quantitative estimate of drug-likeness (QED) is 0.901. The SMILES string of the molecule is CCc1nc(CC2CN(C(=O)Nc3c(C)cccc3Cl)CCO2)no1. The third-order valence-electron chi connectivity index (χ3n) is 4.10. The molecule has 1 aromatic heterocycles. The fourth-order valence-corrected chi connectivity index (χ4v) is 2.99. The number of aryl methyl sites for hydroxylation is 2. The third kappa shape index (κ3) is 4.29. The van der Waals surface area contributed by atoms with Crippen molar-refractivity contribution < 1.29 is 14.1 Å². The molecule has 1 aliphatic rings. The molecule has 134 valence electrons. The van der Waals surface area contributed by atoms with E-state index in [1.807, 2.05) is 26.0 Å². The van der Waals surface area contributed by atoms with Crippen molar-refractivity contribution in [1.29, 1.82) is 0 Å². The second kappa shape index (κ2) is 7.84. The summed E-state index contributed by atoms with van der Waals surface area (Å²) in [5.74, 6) is 1.21. The van der Waals surface area contributed by atoms with Gasteiger partial charge in [0.15, 0.2) is 5.82 Å². The van der Waals surface area contributed by atoms with Crippen LogP contribution < -0.4 is 5.32 Å². The van der Waals surface area contributed by atoms with Crippen LogP contribution in [0.1, 0.15) is 24.2 Å². The fraction of sp³-hybridized carbons (Fsp3) is 0.471. The van der Waals surface area contributed by atoms with Crippen molar-refractivity contribution >= 4 is 23.3 Å². The van der Waals surface area contributed by atoms with E-state index in [-0.39, 0.29) is 12.1 Å². The first-order chi connectivity index (χ1) is 12.1. The van der Waals surface area contributed by atoms with Gasteiger partial charge in [-0.3, -0.25) is 0 Å². The van der Waals surface area contributed by atoms with Crippen LogP contribution >= 0.6 is 11.6 Å². The fourth-order valence-electron chi connectivity index (χ4n) is 2.72. The van der Waals surface area contributed by atoms with E-state index in [1.54, 1.807) is 11.0 Å². The topological polar surface area (TPSA) is 80.5 Å². The number of hydrogen-bond acceptors (Lipinski definition) is 5. The van der Waals surface area contributed by atoms with Gasteiger partial charge in [-0.15, -0.1) is 0 Å². The number of halogens is 1. The maximum atomic E-state index is 12.6. The van der Waals surface area contributed by atoms with Gasteiger partial charge < -0.3 is 19.5 Å². The minimum Gasteiger partial charge on any atom is -0.374 e. The molecule has 1 N–H and O–H groups in total. The van der Waals surface area contributed by atoms with Crippen molar-refractivity contribution in [1.82, 2.24) is 15.0 Å². The lowest BCUT2D eigenvalue weighted by atomic mass is 10.2. The van der Waals surface area contributed by atoms with Crippen LogP contribution in [0, 0.1) is 6.92 Å². The number of morpholine rings is 1. The Labute approximate surface area is 151 Å². The molecular weight excluding hydrogens is 344 g/mol. The summed E-state index contributed by atoms with van der Waals surface area (Å²) < 4.78 is 10.8. The van der Waals surface area contributed by atoms with E-state index in [0.717, 1.165) is 5.56 Å². The molecule has 0 spiro atoms. The maximum absolute atomic E-state index is 12.6. The molecule has 1 atom stereocenters. The number of nitrogens with one attached hydrogen (secondary N) is 1. The van der Waals surface area contributed by atoms with Crippen LogP contribution in [0.4, 0.5) is 10.5 Å². The van der Waals surface area contributed by atoms with Crippen molar-refractivity contribution in [3.8, 4) is 0 Å². The zero-order valence-corrected chi connectivity index (χ0v) is 15.0. The van der Waals surface area contributed by atoms with Gasteiger partial charge in [0.05, 0.1) is 23.4 Å². The van der Waals surface area contributed by atoms with Crippen LogP contribution in [0.5, 0.6) is 0 Å². The van der Waals surface area contributed by atoms with Crippen molar-refractivity contribution in [2.45, 2.75) is 32.8 Å². The molecule has 0 aliphatic carbocycles. The zero-order valence-electron chi connectivity index (χ0n) is 14.3. The molecule has 2 heterocycles. The van der Waals surface area contributed by atoms with Gasteiger partial charge in [0, 0.05) is 25.9 Å². The van der Waals surface area contributed by atoms with E-state index < -0.39 is 0 Å². The highest BCUT2D eigenvalue weighted by molar-refractivity contribution is 6.33. The molecule has 8 heteroatoms. The Morgan fingerprint density at radius 1 is 1.48 bits per heavy atom. The molecule has 1 fully saturated rings. The van der Waals surface area contributed by atoms with E-state index in [9.17, 15) is 4.79 Å². The van der Waals surface area contributed by atoms with Gasteiger partial charge in [-0.25, -0.2) is 4.79 Å². The number of carbonyl (C=O) groups is 1. The number of anilines is 1. The minimum atomic E-state index is -0.188. The molecule has 1 aliphatic heterocycles. The monoisotopic (exact) mass is 364 g/mol. The van der Waals surface area contributed by atoms with Gasteiger partial charge in [0.25, 0.3) is 0 Å². The molecule has 0 bridgehead atoms. The van der Waals surface area contributed by atoms with Gasteiger partial charge in [0.2, 0.25) is 5.89 Å². The minimum absolute atomic E-state index is 0.158. The van der Waals surface area contributed by atoms with Crippen LogP contribution in [-0.2, 0) is 17.6 Å². The van der Waals surface area contributed by atoms with Gasteiger partial charge >= 0.3 is 6.03 Å². The first kappa shape index (κ1) is 17.7. The van der Waals surface area contributed by atoms with Gasteiger partial charge in [0.1, 0.15) is 0 Å². The average molecular weight is 365 g/mol. The van der Waals surface area contributed by atoms with Crippen molar-refractivity contribution in [3.05, 3.63) is 40.5 Å². The van der Waals surface area contributed by atoms with Crippen LogP contribution in [0.2, 0.25) is 5.02 Å². The number of hydrogen-bond donors (Lipinski definition) is 1. The standard InChI is InChI=1S/C17H21ClN4O3/c1-3-15-19-14(21-25-15)9-12-10-22(7-8-24-12)17(23)20-16-11(2)5-4-6-13(16)18/h4-6,12H,3,7-10H2,1-2H3,(H,20,23). The van der Waals surface area contributed by atoms with E-state index >= 15 is 0 Å². The lowest BCUT2D eigenvalue weighted by Gasteiger charge is -2.32.